The number of nitrogens with zero attached hydrogens (tertiary/aromatic N) is 1. The van der Waals surface area contributed by atoms with Crippen molar-refractivity contribution in [1.29, 1.82) is 0 Å². The maximum absolute atomic E-state index is 13.0. The van der Waals surface area contributed by atoms with Crippen molar-refractivity contribution < 1.29 is 9.53 Å². The second-order valence-corrected chi connectivity index (χ2v) is 12.8. The SMILES string of the molecule is CCCCCN(CCCCC)CC(=O)OC[C@]1(C)CCC[C@]2(C)[C@@H]1CC=C1C=C(C(C)C)CC[C@@H]12. The van der Waals surface area contributed by atoms with E-state index < -0.39 is 0 Å². The van der Waals surface area contributed by atoms with Crippen LogP contribution in [-0.2, 0) is 9.53 Å². The van der Waals surface area contributed by atoms with Crippen molar-refractivity contribution in [1.82, 2.24) is 4.90 Å². The van der Waals surface area contributed by atoms with Gasteiger partial charge in [0.2, 0.25) is 0 Å². The molecule has 0 aromatic heterocycles. The van der Waals surface area contributed by atoms with E-state index >= 15 is 0 Å². The summed E-state index contributed by atoms with van der Waals surface area (Å²) in [5.74, 6) is 1.92. The molecular formula is C32H55NO2. The van der Waals surface area contributed by atoms with E-state index in [-0.39, 0.29) is 11.4 Å². The predicted molar refractivity (Wildman–Crippen MR) is 148 cm³/mol. The highest BCUT2D eigenvalue weighted by atomic mass is 16.5. The van der Waals surface area contributed by atoms with Gasteiger partial charge in [-0.15, -0.1) is 0 Å². The molecule has 0 saturated heterocycles. The molecule has 0 radical (unpaired) electrons. The maximum Gasteiger partial charge on any atom is 0.320 e. The maximum atomic E-state index is 13.0. The van der Waals surface area contributed by atoms with Crippen LogP contribution < -0.4 is 0 Å². The zero-order valence-electron chi connectivity index (χ0n) is 24.0. The molecule has 0 amide bonds. The molecule has 4 atom stereocenters. The zero-order valence-corrected chi connectivity index (χ0v) is 24.0. The third-order valence-electron chi connectivity index (χ3n) is 9.78. The van der Waals surface area contributed by atoms with Gasteiger partial charge in [0.25, 0.3) is 0 Å². The second-order valence-electron chi connectivity index (χ2n) is 12.8. The molecule has 3 aliphatic rings. The number of ether oxygens (including phenoxy) is 1. The first-order chi connectivity index (χ1) is 16.7. The lowest BCUT2D eigenvalue weighted by atomic mass is 9.47. The van der Waals surface area contributed by atoms with Crippen LogP contribution in [0.15, 0.2) is 23.3 Å². The molecule has 0 unspecified atom stereocenters. The third kappa shape index (κ3) is 7.02. The summed E-state index contributed by atoms with van der Waals surface area (Å²) in [6.45, 7) is 17.2. The number of hydrogen-bond donors (Lipinski definition) is 0. The van der Waals surface area contributed by atoms with Gasteiger partial charge < -0.3 is 4.74 Å². The van der Waals surface area contributed by atoms with Gasteiger partial charge in [-0.25, -0.2) is 0 Å². The summed E-state index contributed by atoms with van der Waals surface area (Å²) < 4.78 is 6.09. The fourth-order valence-electron chi connectivity index (χ4n) is 7.56. The van der Waals surface area contributed by atoms with Crippen molar-refractivity contribution in [3.05, 3.63) is 23.3 Å². The second kappa shape index (κ2) is 12.9. The first kappa shape index (κ1) is 28.5. The smallest absolute Gasteiger partial charge is 0.320 e. The summed E-state index contributed by atoms with van der Waals surface area (Å²) in [6, 6.07) is 0. The molecule has 0 aliphatic heterocycles. The van der Waals surface area contributed by atoms with Crippen molar-refractivity contribution in [3.8, 4) is 0 Å². The molecule has 0 bridgehead atoms. The summed E-state index contributed by atoms with van der Waals surface area (Å²) in [4.78, 5) is 15.3. The molecule has 0 aromatic carbocycles. The molecule has 3 aliphatic carbocycles. The molecule has 0 heterocycles. The van der Waals surface area contributed by atoms with Crippen LogP contribution >= 0.6 is 0 Å². The van der Waals surface area contributed by atoms with Crippen molar-refractivity contribution in [3.63, 3.8) is 0 Å². The molecular weight excluding hydrogens is 430 g/mol. The van der Waals surface area contributed by atoms with Gasteiger partial charge in [0.1, 0.15) is 0 Å². The highest BCUT2D eigenvalue weighted by Crippen LogP contribution is 2.62. The summed E-state index contributed by atoms with van der Waals surface area (Å²) in [7, 11) is 0. The van der Waals surface area contributed by atoms with Crippen LogP contribution in [0.1, 0.15) is 119 Å². The van der Waals surface area contributed by atoms with Crippen molar-refractivity contribution >= 4 is 5.97 Å². The Morgan fingerprint density at radius 3 is 2.40 bits per heavy atom. The minimum Gasteiger partial charge on any atom is -0.464 e. The van der Waals surface area contributed by atoms with E-state index in [2.05, 4.69) is 58.6 Å². The van der Waals surface area contributed by atoms with Gasteiger partial charge in [0.15, 0.2) is 0 Å². The van der Waals surface area contributed by atoms with Crippen LogP contribution in [0.5, 0.6) is 0 Å². The Labute approximate surface area is 217 Å². The fraction of sp³-hybridized carbons (Fsp3) is 0.844. The van der Waals surface area contributed by atoms with E-state index in [1.165, 1.54) is 70.6 Å². The highest BCUT2D eigenvalue weighted by molar-refractivity contribution is 5.71. The molecule has 200 valence electrons. The summed E-state index contributed by atoms with van der Waals surface area (Å²) >= 11 is 0. The summed E-state index contributed by atoms with van der Waals surface area (Å²) in [5.41, 5.74) is 3.65. The average molecular weight is 486 g/mol. The Hall–Kier alpha value is -1.09. The standard InChI is InChI=1S/C32H55NO2/c1-7-9-11-20-33(21-12-10-8-2)23-30(34)35-24-31(5)18-13-19-32(6)28-16-14-26(25(3)4)22-27(28)15-17-29(31)32/h15,22,25,28-29H,7-14,16-21,23-24H2,1-6H3/t28-,29+,31-,32-/m0/s1. The van der Waals surface area contributed by atoms with Crippen LogP contribution in [0.25, 0.3) is 0 Å². The van der Waals surface area contributed by atoms with Crippen LogP contribution in [0.4, 0.5) is 0 Å². The number of fused-ring (bicyclic) bond motifs is 3. The molecule has 0 aromatic rings. The predicted octanol–water partition coefficient (Wildman–Crippen LogP) is 8.35. The van der Waals surface area contributed by atoms with Crippen LogP contribution in [-0.4, -0.2) is 37.1 Å². The Bertz CT molecular complexity index is 743. The summed E-state index contributed by atoms with van der Waals surface area (Å²) in [5, 5.41) is 0. The van der Waals surface area contributed by atoms with Crippen LogP contribution in [0, 0.1) is 28.6 Å². The van der Waals surface area contributed by atoms with E-state index in [4.69, 9.17) is 4.74 Å². The lowest BCUT2D eigenvalue weighted by Crippen LogP contribution is -2.52. The quantitative estimate of drug-likeness (QED) is 0.194. The van der Waals surface area contributed by atoms with Gasteiger partial charge in [0, 0.05) is 5.41 Å². The van der Waals surface area contributed by atoms with Gasteiger partial charge in [-0.1, -0.05) is 91.4 Å². The number of carbonyl (C=O) groups is 1. The Kier molecular flexibility index (Phi) is 10.5. The number of rotatable bonds is 13. The number of carbonyl (C=O) groups excluding carboxylic acids is 1. The van der Waals surface area contributed by atoms with E-state index in [9.17, 15) is 4.79 Å². The minimum atomic E-state index is -0.0132. The number of esters is 1. The van der Waals surface area contributed by atoms with Crippen molar-refractivity contribution in [2.75, 3.05) is 26.2 Å². The van der Waals surface area contributed by atoms with Gasteiger partial charge in [-0.2, -0.15) is 0 Å². The monoisotopic (exact) mass is 485 g/mol. The minimum absolute atomic E-state index is 0.0132. The molecule has 3 nitrogen and oxygen atoms in total. The first-order valence-corrected chi connectivity index (χ1v) is 15.0. The topological polar surface area (TPSA) is 29.5 Å². The Balaban J connectivity index is 1.63. The lowest BCUT2D eigenvalue weighted by molar-refractivity contribution is -0.155. The zero-order chi connectivity index (χ0) is 25.5. The van der Waals surface area contributed by atoms with E-state index in [1.54, 1.807) is 11.1 Å². The molecule has 1 saturated carbocycles. The molecule has 3 heteroatoms. The molecule has 35 heavy (non-hydrogen) atoms. The first-order valence-electron chi connectivity index (χ1n) is 15.0. The Morgan fingerprint density at radius 2 is 1.77 bits per heavy atom. The van der Waals surface area contributed by atoms with Crippen molar-refractivity contribution in [2.24, 2.45) is 28.6 Å². The average Bonchev–Trinajstić information content (AvgIpc) is 2.82. The van der Waals surface area contributed by atoms with Gasteiger partial charge >= 0.3 is 5.97 Å². The number of unbranched alkanes of at least 4 members (excludes halogenated alkanes) is 4. The van der Waals surface area contributed by atoms with Gasteiger partial charge in [-0.3, -0.25) is 9.69 Å². The van der Waals surface area contributed by atoms with E-state index in [0.29, 0.717) is 36.3 Å². The van der Waals surface area contributed by atoms with E-state index in [0.717, 1.165) is 19.5 Å². The van der Waals surface area contributed by atoms with Gasteiger partial charge in [-0.05, 0) is 86.8 Å². The molecule has 0 spiro atoms. The third-order valence-corrected chi connectivity index (χ3v) is 9.78. The molecule has 0 N–H and O–H groups in total. The molecule has 3 rings (SSSR count). The highest BCUT2D eigenvalue weighted by Gasteiger charge is 2.54. The number of hydrogen-bond acceptors (Lipinski definition) is 3. The van der Waals surface area contributed by atoms with Crippen molar-refractivity contribution in [2.45, 2.75) is 119 Å². The Morgan fingerprint density at radius 1 is 1.09 bits per heavy atom. The lowest BCUT2D eigenvalue weighted by Gasteiger charge is -2.58. The fourth-order valence-corrected chi connectivity index (χ4v) is 7.56. The molecule has 1 fully saturated rings. The normalized spacial score (nSPS) is 30.5. The van der Waals surface area contributed by atoms with Crippen LogP contribution in [0.3, 0.4) is 0 Å². The van der Waals surface area contributed by atoms with E-state index in [1.807, 2.05) is 0 Å². The van der Waals surface area contributed by atoms with Crippen LogP contribution in [0.2, 0.25) is 0 Å². The number of allylic oxidation sites excluding steroid dienone is 4. The largest absolute Gasteiger partial charge is 0.464 e. The van der Waals surface area contributed by atoms with Gasteiger partial charge in [0.05, 0.1) is 13.2 Å². The summed E-state index contributed by atoms with van der Waals surface area (Å²) in [6.07, 6.45) is 19.8.